The van der Waals surface area contributed by atoms with E-state index >= 15 is 0 Å². The van der Waals surface area contributed by atoms with Crippen molar-refractivity contribution in [3.8, 4) is 11.4 Å². The molecule has 0 aliphatic rings. The number of Topliss-reactive ketones (excluding diaryl/α,β-unsaturated/α-hetero) is 1. The highest BCUT2D eigenvalue weighted by atomic mass is 16.5. The summed E-state index contributed by atoms with van der Waals surface area (Å²) in [5.74, 6) is -0.698. The van der Waals surface area contributed by atoms with Gasteiger partial charge in [0.1, 0.15) is 0 Å². The molecule has 27 heavy (non-hydrogen) atoms. The molecule has 3 rings (SSSR count). The molecular formula is C21H20N2O4. The molecule has 0 radical (unpaired) electrons. The third kappa shape index (κ3) is 4.23. The minimum Gasteiger partial charge on any atom is -0.493 e. The van der Waals surface area contributed by atoms with Crippen LogP contribution in [0.4, 0.5) is 0 Å². The fraction of sp³-hybridized carbons (Fsp3) is 0.190. The number of carbonyl (C=O) groups excluding carboxylic acids is 2. The summed E-state index contributed by atoms with van der Waals surface area (Å²) in [7, 11) is 1.45. The van der Waals surface area contributed by atoms with Crippen LogP contribution in [-0.4, -0.2) is 35.2 Å². The summed E-state index contributed by atoms with van der Waals surface area (Å²) in [5, 5.41) is 4.23. The lowest BCUT2D eigenvalue weighted by Crippen LogP contribution is -2.15. The number of aryl methyl sites for hydroxylation is 1. The molecule has 1 heterocycles. The van der Waals surface area contributed by atoms with Crippen molar-refractivity contribution >= 4 is 11.8 Å². The van der Waals surface area contributed by atoms with Crippen molar-refractivity contribution < 1.29 is 19.1 Å². The molecule has 0 saturated carbocycles. The van der Waals surface area contributed by atoms with Gasteiger partial charge >= 0.3 is 5.97 Å². The first-order valence-corrected chi connectivity index (χ1v) is 8.60. The van der Waals surface area contributed by atoms with Gasteiger partial charge < -0.3 is 9.47 Å². The van der Waals surface area contributed by atoms with Gasteiger partial charge in [-0.2, -0.15) is 5.10 Å². The molecule has 0 bridgehead atoms. The van der Waals surface area contributed by atoms with Crippen molar-refractivity contribution in [1.82, 2.24) is 9.78 Å². The maximum atomic E-state index is 12.4. The molecule has 138 valence electrons. The topological polar surface area (TPSA) is 70.4 Å². The van der Waals surface area contributed by atoms with Crippen molar-refractivity contribution in [2.24, 2.45) is 0 Å². The van der Waals surface area contributed by atoms with E-state index < -0.39 is 5.97 Å². The third-order valence-corrected chi connectivity index (χ3v) is 4.13. The Hall–Kier alpha value is -3.41. The Bertz CT molecular complexity index is 931. The third-order valence-electron chi connectivity index (χ3n) is 4.13. The Balaban J connectivity index is 1.70. The number of ketones is 1. The molecule has 0 aliphatic heterocycles. The normalized spacial score (nSPS) is 10.4. The summed E-state index contributed by atoms with van der Waals surface area (Å²) in [4.78, 5) is 24.6. The van der Waals surface area contributed by atoms with Gasteiger partial charge in [-0.25, -0.2) is 9.48 Å². The average Bonchev–Trinajstić information content (AvgIpc) is 3.17. The van der Waals surface area contributed by atoms with Crippen molar-refractivity contribution in [3.63, 3.8) is 0 Å². The van der Waals surface area contributed by atoms with Crippen LogP contribution in [0.15, 0.2) is 60.8 Å². The molecule has 0 N–H and O–H groups in total. The summed E-state index contributed by atoms with van der Waals surface area (Å²) < 4.78 is 11.9. The van der Waals surface area contributed by atoms with Crippen LogP contribution >= 0.6 is 0 Å². The minimum atomic E-state index is -0.708. The molecule has 0 saturated heterocycles. The maximum absolute atomic E-state index is 12.4. The fourth-order valence-electron chi connectivity index (χ4n) is 2.57. The standard InChI is InChI=1S/C21H20N2O4/c1-3-15-9-11-16(12-10-15)18(24)14-27-21(25)20-19(26-2)13-23(22-20)17-7-5-4-6-8-17/h4-13H,3,14H2,1-2H3. The fourth-order valence-corrected chi connectivity index (χ4v) is 2.57. The summed E-state index contributed by atoms with van der Waals surface area (Å²) in [6.45, 7) is 1.69. The summed E-state index contributed by atoms with van der Waals surface area (Å²) >= 11 is 0. The molecule has 6 heteroatoms. The molecule has 2 aromatic carbocycles. The predicted octanol–water partition coefficient (Wildman–Crippen LogP) is 3.48. The molecule has 3 aromatic rings. The second-order valence-corrected chi connectivity index (χ2v) is 5.88. The van der Waals surface area contributed by atoms with Crippen LogP contribution in [0.1, 0.15) is 33.3 Å². The molecule has 0 unspecified atom stereocenters. The molecule has 1 aromatic heterocycles. The number of rotatable bonds is 7. The smallest absolute Gasteiger partial charge is 0.363 e. The lowest BCUT2D eigenvalue weighted by molar-refractivity contribution is 0.0465. The average molecular weight is 364 g/mol. The van der Waals surface area contributed by atoms with E-state index in [0.717, 1.165) is 17.7 Å². The zero-order chi connectivity index (χ0) is 19.2. The first-order valence-electron chi connectivity index (χ1n) is 8.60. The van der Waals surface area contributed by atoms with E-state index in [0.29, 0.717) is 5.56 Å². The first-order chi connectivity index (χ1) is 13.1. The van der Waals surface area contributed by atoms with Crippen LogP contribution in [0.5, 0.6) is 5.75 Å². The van der Waals surface area contributed by atoms with Gasteiger partial charge in [-0.05, 0) is 24.1 Å². The zero-order valence-electron chi connectivity index (χ0n) is 15.2. The Labute approximate surface area is 157 Å². The monoisotopic (exact) mass is 364 g/mol. The van der Waals surface area contributed by atoms with E-state index in [1.54, 1.807) is 18.3 Å². The second kappa shape index (κ2) is 8.31. The summed E-state index contributed by atoms with van der Waals surface area (Å²) in [5.41, 5.74) is 2.44. The minimum absolute atomic E-state index is 0.0236. The number of methoxy groups -OCH3 is 1. The number of aromatic nitrogens is 2. The zero-order valence-corrected chi connectivity index (χ0v) is 15.2. The van der Waals surface area contributed by atoms with E-state index in [1.807, 2.05) is 49.4 Å². The number of hydrogen-bond acceptors (Lipinski definition) is 5. The number of ether oxygens (including phenoxy) is 2. The molecule has 0 atom stereocenters. The van der Waals surface area contributed by atoms with Gasteiger partial charge in [-0.3, -0.25) is 4.79 Å². The maximum Gasteiger partial charge on any atom is 0.363 e. The van der Waals surface area contributed by atoms with Gasteiger partial charge in [0.2, 0.25) is 5.69 Å². The Kier molecular flexibility index (Phi) is 5.66. The molecule has 0 aliphatic carbocycles. The SMILES string of the molecule is CCc1ccc(C(=O)COC(=O)c2nn(-c3ccccc3)cc2OC)cc1. The van der Waals surface area contributed by atoms with Crippen molar-refractivity contribution in [2.45, 2.75) is 13.3 Å². The van der Waals surface area contributed by atoms with E-state index in [2.05, 4.69) is 5.10 Å². The Morgan fingerprint density at radius 3 is 2.37 bits per heavy atom. The van der Waals surface area contributed by atoms with Gasteiger partial charge in [0.05, 0.1) is 19.0 Å². The second-order valence-electron chi connectivity index (χ2n) is 5.88. The molecule has 0 amide bonds. The number of para-hydroxylation sites is 1. The lowest BCUT2D eigenvalue weighted by atomic mass is 10.1. The summed E-state index contributed by atoms with van der Waals surface area (Å²) in [6.07, 6.45) is 2.49. The Morgan fingerprint density at radius 2 is 1.74 bits per heavy atom. The molecule has 6 nitrogen and oxygen atoms in total. The van der Waals surface area contributed by atoms with Crippen LogP contribution in [0, 0.1) is 0 Å². The summed E-state index contributed by atoms with van der Waals surface area (Å²) in [6, 6.07) is 16.6. The van der Waals surface area contributed by atoms with E-state index in [-0.39, 0.29) is 23.8 Å². The van der Waals surface area contributed by atoms with Crippen molar-refractivity contribution in [2.75, 3.05) is 13.7 Å². The Morgan fingerprint density at radius 1 is 1.04 bits per heavy atom. The van der Waals surface area contributed by atoms with Gasteiger partial charge in [-0.1, -0.05) is 49.4 Å². The van der Waals surface area contributed by atoms with Gasteiger partial charge in [0.15, 0.2) is 18.1 Å². The van der Waals surface area contributed by atoms with Crippen LogP contribution in [0.25, 0.3) is 5.69 Å². The molecular weight excluding hydrogens is 344 g/mol. The molecule has 0 fully saturated rings. The lowest BCUT2D eigenvalue weighted by Gasteiger charge is -2.05. The highest BCUT2D eigenvalue weighted by molar-refractivity contribution is 5.99. The highest BCUT2D eigenvalue weighted by Crippen LogP contribution is 2.20. The predicted molar refractivity (Wildman–Crippen MR) is 101 cm³/mol. The van der Waals surface area contributed by atoms with Gasteiger partial charge in [0, 0.05) is 5.56 Å². The van der Waals surface area contributed by atoms with E-state index in [1.165, 1.54) is 11.8 Å². The number of nitrogens with zero attached hydrogens (tertiary/aromatic N) is 2. The quantitative estimate of drug-likeness (QED) is 0.474. The van der Waals surface area contributed by atoms with Crippen LogP contribution in [-0.2, 0) is 11.2 Å². The number of carbonyl (C=O) groups is 2. The molecule has 0 spiro atoms. The van der Waals surface area contributed by atoms with Crippen molar-refractivity contribution in [3.05, 3.63) is 77.6 Å². The van der Waals surface area contributed by atoms with Gasteiger partial charge in [0.25, 0.3) is 0 Å². The highest BCUT2D eigenvalue weighted by Gasteiger charge is 2.21. The van der Waals surface area contributed by atoms with Crippen molar-refractivity contribution in [1.29, 1.82) is 0 Å². The van der Waals surface area contributed by atoms with Crippen LogP contribution < -0.4 is 4.74 Å². The van der Waals surface area contributed by atoms with Crippen LogP contribution in [0.3, 0.4) is 0 Å². The first kappa shape index (κ1) is 18.4. The van der Waals surface area contributed by atoms with Crippen LogP contribution in [0.2, 0.25) is 0 Å². The number of hydrogen-bond donors (Lipinski definition) is 0. The number of benzene rings is 2. The van der Waals surface area contributed by atoms with E-state index in [9.17, 15) is 9.59 Å². The number of esters is 1. The largest absolute Gasteiger partial charge is 0.493 e. The van der Waals surface area contributed by atoms with E-state index in [4.69, 9.17) is 9.47 Å². The van der Waals surface area contributed by atoms with Gasteiger partial charge in [-0.15, -0.1) is 0 Å².